The zero-order valence-electron chi connectivity index (χ0n) is 17.0. The first-order valence-corrected chi connectivity index (χ1v) is 10.9. The van der Waals surface area contributed by atoms with Gasteiger partial charge in [-0.1, -0.05) is 24.3 Å². The Hall–Kier alpha value is -2.67. The van der Waals surface area contributed by atoms with Crippen molar-refractivity contribution in [3.05, 3.63) is 45.6 Å². The number of carbonyl (C=O) groups excluding carboxylic acids is 1. The van der Waals surface area contributed by atoms with Crippen LogP contribution in [0.25, 0.3) is 21.3 Å². The third-order valence-corrected chi connectivity index (χ3v) is 6.34. The van der Waals surface area contributed by atoms with E-state index in [0.29, 0.717) is 17.2 Å². The maximum absolute atomic E-state index is 12.7. The molecule has 1 fully saturated rings. The molecule has 3 aromatic rings. The van der Waals surface area contributed by atoms with Crippen LogP contribution < -0.4 is 15.8 Å². The van der Waals surface area contributed by atoms with E-state index in [9.17, 15) is 9.59 Å². The molecule has 0 saturated carbocycles. The summed E-state index contributed by atoms with van der Waals surface area (Å²) in [5.41, 5.74) is 3.84. The Labute approximate surface area is 174 Å². The number of hydrogen-bond donors (Lipinski definition) is 2. The Morgan fingerprint density at radius 3 is 2.86 bits per heavy atom. The van der Waals surface area contributed by atoms with E-state index in [2.05, 4.69) is 29.4 Å². The number of carbonyl (C=O) groups is 1. The largest absolute Gasteiger partial charge is 0.354 e. The molecule has 0 radical (unpaired) electrons. The fraction of sp³-hybridized carbons (Fsp3) is 0.409. The number of H-pyrrole nitrogens is 1. The molecule has 0 bridgehead atoms. The Kier molecular flexibility index (Phi) is 5.41. The average molecular weight is 411 g/mol. The minimum absolute atomic E-state index is 0.0734. The highest BCUT2D eigenvalue weighted by Crippen LogP contribution is 2.33. The summed E-state index contributed by atoms with van der Waals surface area (Å²) in [6.45, 7) is 7.35. The Bertz CT molecular complexity index is 1100. The average Bonchev–Trinajstić information content (AvgIpc) is 3.12. The SMILES string of the molecule is Cc1ccccc1-c1csc2c(=O)[nH]c(N3CCCC(C(=O)NC(C)C)C3)nc12. The molecule has 1 aliphatic rings. The number of aromatic nitrogens is 2. The number of hydrogen-bond acceptors (Lipinski definition) is 5. The highest BCUT2D eigenvalue weighted by Gasteiger charge is 2.28. The van der Waals surface area contributed by atoms with Crippen molar-refractivity contribution in [2.45, 2.75) is 39.7 Å². The molecule has 1 aliphatic heterocycles. The molecule has 1 amide bonds. The van der Waals surface area contributed by atoms with Gasteiger partial charge in [-0.15, -0.1) is 11.3 Å². The zero-order chi connectivity index (χ0) is 20.5. The number of nitrogens with zero attached hydrogens (tertiary/aromatic N) is 2. The van der Waals surface area contributed by atoms with Crippen LogP contribution in [-0.2, 0) is 4.79 Å². The molecule has 1 atom stereocenters. The number of thiophene rings is 1. The van der Waals surface area contributed by atoms with E-state index in [-0.39, 0.29) is 23.4 Å². The Morgan fingerprint density at radius 2 is 2.10 bits per heavy atom. The van der Waals surface area contributed by atoms with Gasteiger partial charge in [0.05, 0.1) is 11.4 Å². The fourth-order valence-electron chi connectivity index (χ4n) is 3.92. The molecule has 1 aromatic carbocycles. The van der Waals surface area contributed by atoms with Gasteiger partial charge in [0, 0.05) is 30.1 Å². The van der Waals surface area contributed by atoms with Gasteiger partial charge in [0.15, 0.2) is 0 Å². The molecule has 7 heteroatoms. The number of fused-ring (bicyclic) bond motifs is 1. The summed E-state index contributed by atoms with van der Waals surface area (Å²) < 4.78 is 0.637. The first kappa shape index (κ1) is 19.6. The van der Waals surface area contributed by atoms with Crippen LogP contribution in [0, 0.1) is 12.8 Å². The number of rotatable bonds is 4. The van der Waals surface area contributed by atoms with Gasteiger partial charge in [-0.25, -0.2) is 4.98 Å². The van der Waals surface area contributed by atoms with Crippen molar-refractivity contribution >= 4 is 33.4 Å². The molecule has 4 rings (SSSR count). The molecule has 2 N–H and O–H groups in total. The van der Waals surface area contributed by atoms with Crippen LogP contribution in [0.1, 0.15) is 32.3 Å². The quantitative estimate of drug-likeness (QED) is 0.687. The molecular weight excluding hydrogens is 384 g/mol. The molecule has 6 nitrogen and oxygen atoms in total. The molecule has 1 unspecified atom stereocenters. The third-order valence-electron chi connectivity index (χ3n) is 5.37. The van der Waals surface area contributed by atoms with Crippen molar-refractivity contribution < 1.29 is 4.79 Å². The van der Waals surface area contributed by atoms with Crippen molar-refractivity contribution in [3.8, 4) is 11.1 Å². The lowest BCUT2D eigenvalue weighted by atomic mass is 9.97. The lowest BCUT2D eigenvalue weighted by Crippen LogP contribution is -2.45. The van der Waals surface area contributed by atoms with Crippen LogP contribution in [0.5, 0.6) is 0 Å². The van der Waals surface area contributed by atoms with Gasteiger partial charge in [0.25, 0.3) is 5.56 Å². The molecule has 152 valence electrons. The van der Waals surface area contributed by atoms with Crippen molar-refractivity contribution in [1.29, 1.82) is 0 Å². The van der Waals surface area contributed by atoms with Crippen molar-refractivity contribution in [2.24, 2.45) is 5.92 Å². The van der Waals surface area contributed by atoms with Gasteiger partial charge >= 0.3 is 0 Å². The van der Waals surface area contributed by atoms with Crippen molar-refractivity contribution in [2.75, 3.05) is 18.0 Å². The topological polar surface area (TPSA) is 78.1 Å². The second-order valence-corrected chi connectivity index (χ2v) is 8.86. The minimum atomic E-state index is -0.122. The highest BCUT2D eigenvalue weighted by molar-refractivity contribution is 7.17. The Balaban J connectivity index is 1.70. The van der Waals surface area contributed by atoms with Gasteiger partial charge in [0.2, 0.25) is 11.9 Å². The lowest BCUT2D eigenvalue weighted by Gasteiger charge is -2.32. The van der Waals surface area contributed by atoms with E-state index in [1.165, 1.54) is 11.3 Å². The normalized spacial score (nSPS) is 17.1. The fourth-order valence-corrected chi connectivity index (χ4v) is 4.82. The van der Waals surface area contributed by atoms with Gasteiger partial charge < -0.3 is 10.2 Å². The van der Waals surface area contributed by atoms with Gasteiger partial charge in [-0.05, 0) is 44.7 Å². The summed E-state index contributed by atoms with van der Waals surface area (Å²) >= 11 is 1.42. The van der Waals surface area contributed by atoms with Crippen LogP contribution in [0.3, 0.4) is 0 Å². The van der Waals surface area contributed by atoms with E-state index in [1.807, 2.05) is 36.3 Å². The molecule has 0 aliphatic carbocycles. The van der Waals surface area contributed by atoms with Crippen LogP contribution >= 0.6 is 11.3 Å². The second-order valence-electron chi connectivity index (χ2n) is 7.98. The number of aromatic amines is 1. The predicted octanol–water partition coefficient (Wildman–Crippen LogP) is 3.70. The van der Waals surface area contributed by atoms with E-state index < -0.39 is 0 Å². The number of benzene rings is 1. The van der Waals surface area contributed by atoms with Crippen molar-refractivity contribution in [3.63, 3.8) is 0 Å². The molecule has 3 heterocycles. The van der Waals surface area contributed by atoms with E-state index in [1.54, 1.807) is 0 Å². The first-order chi connectivity index (χ1) is 13.9. The molecule has 0 spiro atoms. The lowest BCUT2D eigenvalue weighted by molar-refractivity contribution is -0.125. The second kappa shape index (κ2) is 7.99. The summed E-state index contributed by atoms with van der Waals surface area (Å²) in [5, 5.41) is 5.01. The first-order valence-electron chi connectivity index (χ1n) is 10.1. The van der Waals surface area contributed by atoms with Gasteiger partial charge in [-0.3, -0.25) is 14.6 Å². The smallest absolute Gasteiger partial charge is 0.270 e. The van der Waals surface area contributed by atoms with Gasteiger partial charge in [-0.2, -0.15) is 0 Å². The molecule has 29 heavy (non-hydrogen) atoms. The summed E-state index contributed by atoms with van der Waals surface area (Å²) in [4.78, 5) is 35.0. The van der Waals surface area contributed by atoms with Crippen LogP contribution in [0.2, 0.25) is 0 Å². The zero-order valence-corrected chi connectivity index (χ0v) is 17.8. The maximum atomic E-state index is 12.7. The summed E-state index contributed by atoms with van der Waals surface area (Å²) in [6, 6.07) is 8.26. The number of piperidine rings is 1. The van der Waals surface area contributed by atoms with Crippen LogP contribution in [-0.4, -0.2) is 35.0 Å². The predicted molar refractivity (Wildman–Crippen MR) is 119 cm³/mol. The standard InChI is InChI=1S/C22H26N4O2S/c1-13(2)23-20(27)15-8-6-10-26(11-15)22-24-18-17(12-29-19(18)21(28)25-22)16-9-5-4-7-14(16)3/h4-5,7,9,12-13,15H,6,8,10-11H2,1-3H3,(H,23,27)(H,24,25,28). The Morgan fingerprint density at radius 1 is 1.31 bits per heavy atom. The van der Waals surface area contributed by atoms with Crippen LogP contribution in [0.4, 0.5) is 5.95 Å². The number of nitrogens with one attached hydrogen (secondary N) is 2. The monoisotopic (exact) mass is 410 g/mol. The van der Waals surface area contributed by atoms with E-state index >= 15 is 0 Å². The van der Waals surface area contributed by atoms with E-state index in [0.717, 1.165) is 41.6 Å². The van der Waals surface area contributed by atoms with E-state index in [4.69, 9.17) is 4.98 Å². The summed E-state index contributed by atoms with van der Waals surface area (Å²) in [6.07, 6.45) is 1.75. The third kappa shape index (κ3) is 3.92. The molecule has 1 saturated heterocycles. The van der Waals surface area contributed by atoms with Gasteiger partial charge in [0.1, 0.15) is 4.70 Å². The van der Waals surface area contributed by atoms with Crippen molar-refractivity contribution in [1.82, 2.24) is 15.3 Å². The maximum Gasteiger partial charge on any atom is 0.270 e. The number of anilines is 1. The summed E-state index contributed by atoms with van der Waals surface area (Å²) in [7, 11) is 0. The number of amides is 1. The minimum Gasteiger partial charge on any atom is -0.354 e. The van der Waals surface area contributed by atoms with Crippen LogP contribution in [0.15, 0.2) is 34.4 Å². The molecule has 2 aromatic heterocycles. The molecular formula is C22H26N4O2S. The summed E-state index contributed by atoms with van der Waals surface area (Å²) in [5.74, 6) is 0.535. The number of aryl methyl sites for hydroxylation is 1. The highest BCUT2D eigenvalue weighted by atomic mass is 32.1.